The predicted octanol–water partition coefficient (Wildman–Crippen LogP) is 0.372. The minimum atomic E-state index is -0.722. The Morgan fingerprint density at radius 2 is 2.26 bits per heavy atom. The van der Waals surface area contributed by atoms with Gasteiger partial charge in [-0.2, -0.15) is 0 Å². The van der Waals surface area contributed by atoms with Crippen molar-refractivity contribution in [3.05, 3.63) is 36.4 Å². The second-order valence-corrected chi connectivity index (χ2v) is 4.82. The summed E-state index contributed by atoms with van der Waals surface area (Å²) in [7, 11) is 0. The average Bonchev–Trinajstić information content (AvgIpc) is 2.55. The summed E-state index contributed by atoms with van der Waals surface area (Å²) in [6.45, 7) is 1.77. The second-order valence-electron chi connectivity index (χ2n) is 4.82. The van der Waals surface area contributed by atoms with Crippen molar-refractivity contribution in [3.63, 3.8) is 0 Å². The zero-order valence-electron chi connectivity index (χ0n) is 12.5. The predicted molar refractivity (Wildman–Crippen MR) is 84.9 cm³/mol. The molecule has 9 heteroatoms. The van der Waals surface area contributed by atoms with Crippen molar-refractivity contribution in [2.45, 2.75) is 19.4 Å². The number of nitrogens with zero attached hydrogens (tertiary/aromatic N) is 4. The van der Waals surface area contributed by atoms with E-state index in [2.05, 4.69) is 20.3 Å². The van der Waals surface area contributed by atoms with Gasteiger partial charge in [-0.25, -0.2) is 15.8 Å². The summed E-state index contributed by atoms with van der Waals surface area (Å²) in [6, 6.07) is 3.21. The Morgan fingerprint density at radius 1 is 1.48 bits per heavy atom. The van der Waals surface area contributed by atoms with Gasteiger partial charge in [0.25, 0.3) is 5.91 Å². The Kier molecular flexibility index (Phi) is 5.15. The number of aromatic nitrogens is 3. The molecule has 0 saturated heterocycles. The Balaban J connectivity index is 2.35. The first-order valence-corrected chi connectivity index (χ1v) is 6.84. The molecule has 0 aliphatic rings. The summed E-state index contributed by atoms with van der Waals surface area (Å²) >= 11 is 0. The smallest absolute Gasteiger partial charge is 0.271 e. The molecule has 0 aliphatic heterocycles. The molecule has 0 bridgehead atoms. The largest absolute Gasteiger partial charge is 0.364 e. The standard InChI is InChI=1S/C14H17N7O2/c1-9(4-6-22)21(16)11-8-18-12(13(15)23)14(20-11)19-10-3-2-5-17-7-10/h2-3,5-9H,4,16H2,1H3,(H2,15,23)(H,19,20). The third-order valence-electron chi connectivity index (χ3n) is 3.09. The molecule has 2 aromatic rings. The molecule has 0 radical (unpaired) electrons. The molecule has 23 heavy (non-hydrogen) atoms. The fourth-order valence-electron chi connectivity index (χ4n) is 1.82. The van der Waals surface area contributed by atoms with E-state index < -0.39 is 5.91 Å². The first-order valence-electron chi connectivity index (χ1n) is 6.84. The van der Waals surface area contributed by atoms with E-state index in [1.807, 2.05) is 0 Å². The maximum Gasteiger partial charge on any atom is 0.271 e. The summed E-state index contributed by atoms with van der Waals surface area (Å²) in [5.74, 6) is 5.67. The fraction of sp³-hybridized carbons (Fsp3) is 0.214. The van der Waals surface area contributed by atoms with Gasteiger partial charge < -0.3 is 15.8 Å². The van der Waals surface area contributed by atoms with Gasteiger partial charge in [0.05, 0.1) is 24.1 Å². The molecule has 0 fully saturated rings. The molecule has 1 unspecified atom stereocenters. The van der Waals surface area contributed by atoms with Gasteiger partial charge in [-0.3, -0.25) is 14.8 Å². The van der Waals surface area contributed by atoms with Crippen molar-refractivity contribution < 1.29 is 9.59 Å². The van der Waals surface area contributed by atoms with Crippen molar-refractivity contribution in [3.8, 4) is 0 Å². The summed E-state index contributed by atoms with van der Waals surface area (Å²) in [5.41, 5.74) is 5.91. The SMILES string of the molecule is CC(CC=O)N(N)c1cnc(C(N)=O)c(Nc2cccnc2)n1. The van der Waals surface area contributed by atoms with Crippen molar-refractivity contribution in [1.29, 1.82) is 0 Å². The molecule has 2 aromatic heterocycles. The molecule has 9 nitrogen and oxygen atoms in total. The number of nitrogens with two attached hydrogens (primary N) is 2. The third kappa shape index (κ3) is 3.98. The lowest BCUT2D eigenvalue weighted by molar-refractivity contribution is -0.108. The molecule has 0 aliphatic carbocycles. The fourth-order valence-corrected chi connectivity index (χ4v) is 1.82. The third-order valence-corrected chi connectivity index (χ3v) is 3.09. The van der Waals surface area contributed by atoms with Crippen LogP contribution in [0.1, 0.15) is 23.8 Å². The van der Waals surface area contributed by atoms with Crippen molar-refractivity contribution in [1.82, 2.24) is 15.0 Å². The zero-order valence-corrected chi connectivity index (χ0v) is 12.5. The monoisotopic (exact) mass is 315 g/mol. The van der Waals surface area contributed by atoms with Crippen LogP contribution in [0.25, 0.3) is 0 Å². The summed E-state index contributed by atoms with van der Waals surface area (Å²) in [5, 5.41) is 4.24. The van der Waals surface area contributed by atoms with E-state index in [9.17, 15) is 9.59 Å². The maximum absolute atomic E-state index is 11.5. The number of carbonyl (C=O) groups is 2. The van der Waals surface area contributed by atoms with Crippen LogP contribution in [0.3, 0.4) is 0 Å². The Labute approximate surface area is 132 Å². The van der Waals surface area contributed by atoms with E-state index in [0.717, 1.165) is 6.29 Å². The van der Waals surface area contributed by atoms with Crippen LogP contribution in [-0.4, -0.2) is 33.2 Å². The van der Waals surface area contributed by atoms with Crippen LogP contribution < -0.4 is 21.9 Å². The lowest BCUT2D eigenvalue weighted by Crippen LogP contribution is -2.40. The number of aldehydes is 1. The van der Waals surface area contributed by atoms with Crippen LogP contribution in [0, 0.1) is 0 Å². The van der Waals surface area contributed by atoms with Gasteiger partial charge in [0.2, 0.25) is 0 Å². The highest BCUT2D eigenvalue weighted by Crippen LogP contribution is 2.20. The number of nitrogens with one attached hydrogen (secondary N) is 1. The first-order chi connectivity index (χ1) is 11.0. The average molecular weight is 315 g/mol. The van der Waals surface area contributed by atoms with Gasteiger partial charge in [0, 0.05) is 12.6 Å². The Hall–Kier alpha value is -3.07. The Bertz CT molecular complexity index is 693. The van der Waals surface area contributed by atoms with Gasteiger partial charge >= 0.3 is 0 Å². The van der Waals surface area contributed by atoms with E-state index in [4.69, 9.17) is 11.6 Å². The number of carbonyl (C=O) groups excluding carboxylic acids is 2. The molecule has 2 rings (SSSR count). The van der Waals surface area contributed by atoms with E-state index >= 15 is 0 Å². The topological polar surface area (TPSA) is 140 Å². The summed E-state index contributed by atoms with van der Waals surface area (Å²) in [6.07, 6.45) is 5.51. The molecular weight excluding hydrogens is 298 g/mol. The molecule has 5 N–H and O–H groups in total. The number of primary amides is 1. The number of anilines is 3. The highest BCUT2D eigenvalue weighted by Gasteiger charge is 2.17. The van der Waals surface area contributed by atoms with Crippen molar-refractivity contribution in [2.75, 3.05) is 10.3 Å². The van der Waals surface area contributed by atoms with Gasteiger partial charge in [-0.15, -0.1) is 0 Å². The van der Waals surface area contributed by atoms with Crippen molar-refractivity contribution >= 4 is 29.5 Å². The highest BCUT2D eigenvalue weighted by molar-refractivity contribution is 5.96. The molecular formula is C14H17N7O2. The number of amides is 1. The second kappa shape index (κ2) is 7.27. The van der Waals surface area contributed by atoms with Gasteiger partial charge in [0.15, 0.2) is 17.3 Å². The van der Waals surface area contributed by atoms with Crippen molar-refractivity contribution in [2.24, 2.45) is 11.6 Å². The molecule has 0 saturated carbocycles. The van der Waals surface area contributed by atoms with Crippen LogP contribution >= 0.6 is 0 Å². The normalized spacial score (nSPS) is 11.6. The van der Waals surface area contributed by atoms with Crippen LogP contribution in [0.2, 0.25) is 0 Å². The van der Waals surface area contributed by atoms with E-state index in [1.54, 1.807) is 31.5 Å². The van der Waals surface area contributed by atoms with Crippen LogP contribution in [0.5, 0.6) is 0 Å². The maximum atomic E-state index is 11.5. The molecule has 120 valence electrons. The Morgan fingerprint density at radius 3 is 2.87 bits per heavy atom. The lowest BCUT2D eigenvalue weighted by Gasteiger charge is -2.24. The molecule has 2 heterocycles. The number of hydrogen-bond donors (Lipinski definition) is 3. The summed E-state index contributed by atoms with van der Waals surface area (Å²) in [4.78, 5) is 34.4. The highest BCUT2D eigenvalue weighted by atomic mass is 16.1. The summed E-state index contributed by atoms with van der Waals surface area (Å²) < 4.78 is 0. The van der Waals surface area contributed by atoms with E-state index in [1.165, 1.54) is 11.2 Å². The van der Waals surface area contributed by atoms with E-state index in [0.29, 0.717) is 11.5 Å². The first kappa shape index (κ1) is 16.3. The number of pyridine rings is 1. The molecule has 1 atom stereocenters. The van der Waals surface area contributed by atoms with Gasteiger partial charge in [-0.05, 0) is 19.1 Å². The quantitative estimate of drug-likeness (QED) is 0.378. The zero-order chi connectivity index (χ0) is 16.8. The minimum Gasteiger partial charge on any atom is -0.364 e. The molecule has 1 amide bonds. The number of rotatable bonds is 7. The number of hydrazine groups is 1. The number of hydrogen-bond acceptors (Lipinski definition) is 8. The van der Waals surface area contributed by atoms with Crippen LogP contribution in [0.15, 0.2) is 30.7 Å². The van der Waals surface area contributed by atoms with Gasteiger partial charge in [0.1, 0.15) is 6.29 Å². The molecule has 0 spiro atoms. The minimum absolute atomic E-state index is 0.0194. The van der Waals surface area contributed by atoms with Crippen LogP contribution in [-0.2, 0) is 4.79 Å². The van der Waals surface area contributed by atoms with E-state index in [-0.39, 0.29) is 24.0 Å². The lowest BCUT2D eigenvalue weighted by atomic mass is 10.2. The molecule has 0 aromatic carbocycles. The van der Waals surface area contributed by atoms with Gasteiger partial charge in [-0.1, -0.05) is 0 Å². The van der Waals surface area contributed by atoms with Crippen LogP contribution in [0.4, 0.5) is 17.3 Å².